The molecule has 0 bridgehead atoms. The van der Waals surface area contributed by atoms with Crippen LogP contribution in [0.15, 0.2) is 76.6 Å². The minimum atomic E-state index is -3.78. The molecule has 0 saturated heterocycles. The molecule has 36 heavy (non-hydrogen) atoms. The zero-order valence-electron chi connectivity index (χ0n) is 19.5. The number of amides is 1. The predicted octanol–water partition coefficient (Wildman–Crippen LogP) is 4.19. The Labute approximate surface area is 211 Å². The number of halogens is 2. The number of hydrogen-bond donors (Lipinski definition) is 0. The predicted molar refractivity (Wildman–Crippen MR) is 133 cm³/mol. The van der Waals surface area contributed by atoms with Crippen LogP contribution in [0.3, 0.4) is 0 Å². The van der Waals surface area contributed by atoms with E-state index in [2.05, 4.69) is 4.99 Å². The number of methoxy groups -OCH3 is 1. The average Bonchev–Trinajstić information content (AvgIpc) is 3.20. The van der Waals surface area contributed by atoms with Gasteiger partial charge in [-0.1, -0.05) is 41.7 Å². The van der Waals surface area contributed by atoms with Crippen LogP contribution < -0.4 is 4.80 Å². The molecule has 0 aliphatic carbocycles. The third-order valence-corrected chi connectivity index (χ3v) is 8.31. The lowest BCUT2D eigenvalue weighted by molar-refractivity contribution is 0.0997. The van der Waals surface area contributed by atoms with Crippen molar-refractivity contribution in [3.05, 3.63) is 94.3 Å². The lowest BCUT2D eigenvalue weighted by Gasteiger charge is -2.17. The summed E-state index contributed by atoms with van der Waals surface area (Å²) in [6.07, 6.45) is 0. The Kier molecular flexibility index (Phi) is 7.74. The van der Waals surface area contributed by atoms with Gasteiger partial charge in [-0.05, 0) is 35.9 Å². The fourth-order valence-corrected chi connectivity index (χ4v) is 5.88. The number of aromatic nitrogens is 1. The van der Waals surface area contributed by atoms with Crippen LogP contribution in [0.25, 0.3) is 10.2 Å². The third kappa shape index (κ3) is 5.44. The standard InChI is InChI=1S/C25H23F2N3O4S2/c1-29(16-17-6-4-3-5-7-17)36(32,33)20-10-8-18(9-11-20)24(31)28-25-30(12-13-34-2)23-21(27)14-19(26)15-22(23)35-25/h3-11,14-15H,12-13,16H2,1-2H3. The summed E-state index contributed by atoms with van der Waals surface area (Å²) in [5.74, 6) is -2.14. The lowest BCUT2D eigenvalue weighted by Crippen LogP contribution is -2.26. The molecule has 0 aliphatic rings. The molecule has 4 rings (SSSR count). The van der Waals surface area contributed by atoms with Crippen molar-refractivity contribution in [3.63, 3.8) is 0 Å². The van der Waals surface area contributed by atoms with Gasteiger partial charge >= 0.3 is 0 Å². The van der Waals surface area contributed by atoms with Crippen molar-refractivity contribution in [2.75, 3.05) is 20.8 Å². The van der Waals surface area contributed by atoms with Crippen LogP contribution in [0.2, 0.25) is 0 Å². The Morgan fingerprint density at radius 1 is 1.08 bits per heavy atom. The summed E-state index contributed by atoms with van der Waals surface area (Å²) in [5.41, 5.74) is 1.13. The third-order valence-electron chi connectivity index (χ3n) is 5.47. The van der Waals surface area contributed by atoms with Gasteiger partial charge in [0, 0.05) is 38.9 Å². The van der Waals surface area contributed by atoms with E-state index < -0.39 is 27.6 Å². The molecule has 1 amide bonds. The van der Waals surface area contributed by atoms with Gasteiger partial charge in [-0.3, -0.25) is 4.79 Å². The SMILES string of the molecule is COCCn1c(=NC(=O)c2ccc(S(=O)(=O)N(C)Cc3ccccc3)cc2)sc2cc(F)cc(F)c21. The fourth-order valence-electron chi connectivity index (χ4n) is 3.63. The summed E-state index contributed by atoms with van der Waals surface area (Å²) in [6.45, 7) is 0.632. The maximum Gasteiger partial charge on any atom is 0.279 e. The normalized spacial score (nSPS) is 12.5. The van der Waals surface area contributed by atoms with Crippen LogP contribution in [0.1, 0.15) is 15.9 Å². The van der Waals surface area contributed by atoms with Crippen molar-refractivity contribution in [3.8, 4) is 0 Å². The first kappa shape index (κ1) is 25.8. The molecule has 4 aromatic rings. The number of fused-ring (bicyclic) bond motifs is 1. The topological polar surface area (TPSA) is 81.0 Å². The smallest absolute Gasteiger partial charge is 0.279 e. The van der Waals surface area contributed by atoms with Crippen LogP contribution in [0.4, 0.5) is 8.78 Å². The Hall–Kier alpha value is -3.25. The number of thiazole rings is 1. The van der Waals surface area contributed by atoms with Crippen molar-refractivity contribution >= 4 is 37.5 Å². The van der Waals surface area contributed by atoms with Crippen molar-refractivity contribution in [1.82, 2.24) is 8.87 Å². The van der Waals surface area contributed by atoms with Gasteiger partial charge in [-0.25, -0.2) is 17.2 Å². The molecule has 0 unspecified atom stereocenters. The molecule has 7 nitrogen and oxygen atoms in total. The van der Waals surface area contributed by atoms with Crippen LogP contribution >= 0.6 is 11.3 Å². The van der Waals surface area contributed by atoms with Crippen molar-refractivity contribution in [2.45, 2.75) is 18.0 Å². The highest BCUT2D eigenvalue weighted by atomic mass is 32.2. The van der Waals surface area contributed by atoms with E-state index in [0.717, 1.165) is 23.0 Å². The monoisotopic (exact) mass is 531 g/mol. The van der Waals surface area contributed by atoms with Crippen LogP contribution in [0, 0.1) is 11.6 Å². The van der Waals surface area contributed by atoms with E-state index in [1.165, 1.54) is 53.4 Å². The van der Waals surface area contributed by atoms with Crippen LogP contribution in [-0.4, -0.2) is 44.0 Å². The highest BCUT2D eigenvalue weighted by Gasteiger charge is 2.21. The summed E-state index contributed by atoms with van der Waals surface area (Å²) in [6, 6.07) is 16.6. The lowest BCUT2D eigenvalue weighted by atomic mass is 10.2. The van der Waals surface area contributed by atoms with Gasteiger partial charge in [0.05, 0.1) is 21.7 Å². The molecule has 188 valence electrons. The van der Waals surface area contributed by atoms with E-state index >= 15 is 0 Å². The molecule has 11 heteroatoms. The molecule has 0 aliphatic heterocycles. The largest absolute Gasteiger partial charge is 0.383 e. The second-order valence-corrected chi connectivity index (χ2v) is 11.0. The summed E-state index contributed by atoms with van der Waals surface area (Å²) < 4.78 is 62.2. The van der Waals surface area contributed by atoms with E-state index in [1.54, 1.807) is 0 Å². The van der Waals surface area contributed by atoms with Crippen LogP contribution in [0.5, 0.6) is 0 Å². The number of carbonyl (C=O) groups is 1. The zero-order valence-corrected chi connectivity index (χ0v) is 21.2. The molecule has 0 radical (unpaired) electrons. The minimum absolute atomic E-state index is 0.0343. The summed E-state index contributed by atoms with van der Waals surface area (Å²) in [4.78, 5) is 17.2. The number of benzene rings is 3. The summed E-state index contributed by atoms with van der Waals surface area (Å²) >= 11 is 0.975. The highest BCUT2D eigenvalue weighted by molar-refractivity contribution is 7.89. The maximum absolute atomic E-state index is 14.5. The molecule has 0 fully saturated rings. The van der Waals surface area contributed by atoms with E-state index in [-0.39, 0.29) is 40.5 Å². The summed E-state index contributed by atoms with van der Waals surface area (Å²) in [5, 5.41) is 0. The first-order valence-electron chi connectivity index (χ1n) is 10.9. The minimum Gasteiger partial charge on any atom is -0.383 e. The number of carbonyl (C=O) groups excluding carboxylic acids is 1. The Balaban J connectivity index is 1.63. The van der Waals surface area contributed by atoms with Gasteiger partial charge in [0.1, 0.15) is 5.82 Å². The number of hydrogen-bond acceptors (Lipinski definition) is 5. The van der Waals surface area contributed by atoms with Gasteiger partial charge in [0.15, 0.2) is 10.6 Å². The first-order valence-corrected chi connectivity index (χ1v) is 13.1. The van der Waals surface area contributed by atoms with E-state index in [9.17, 15) is 22.0 Å². The van der Waals surface area contributed by atoms with Crippen molar-refractivity contribution in [2.24, 2.45) is 4.99 Å². The quantitative estimate of drug-likeness (QED) is 0.342. The Morgan fingerprint density at radius 3 is 2.44 bits per heavy atom. The van der Waals surface area contributed by atoms with Gasteiger partial charge in [0.2, 0.25) is 10.0 Å². The molecular formula is C25H23F2N3O4S2. The van der Waals surface area contributed by atoms with Gasteiger partial charge in [-0.2, -0.15) is 9.30 Å². The number of ether oxygens (including phenoxy) is 1. The van der Waals surface area contributed by atoms with Crippen LogP contribution in [-0.2, 0) is 27.8 Å². The molecule has 0 spiro atoms. The van der Waals surface area contributed by atoms with Crippen molar-refractivity contribution in [1.29, 1.82) is 0 Å². The molecule has 0 N–H and O–H groups in total. The molecule has 3 aromatic carbocycles. The molecule has 0 atom stereocenters. The number of sulfonamides is 1. The highest BCUT2D eigenvalue weighted by Crippen LogP contribution is 2.23. The second kappa shape index (κ2) is 10.8. The first-order chi connectivity index (χ1) is 17.2. The van der Waals surface area contributed by atoms with E-state index in [1.807, 2.05) is 30.3 Å². The molecule has 0 saturated carbocycles. The molecule has 1 heterocycles. The van der Waals surface area contributed by atoms with E-state index in [4.69, 9.17) is 4.74 Å². The Morgan fingerprint density at radius 2 is 1.78 bits per heavy atom. The average molecular weight is 532 g/mol. The van der Waals surface area contributed by atoms with Gasteiger partial charge in [0.25, 0.3) is 5.91 Å². The van der Waals surface area contributed by atoms with E-state index in [0.29, 0.717) is 4.70 Å². The number of rotatable bonds is 8. The maximum atomic E-state index is 14.5. The van der Waals surface area contributed by atoms with Crippen molar-refractivity contribution < 1.29 is 26.7 Å². The second-order valence-electron chi connectivity index (χ2n) is 7.95. The molecular weight excluding hydrogens is 508 g/mol. The number of nitrogens with zero attached hydrogens (tertiary/aromatic N) is 3. The molecule has 1 aromatic heterocycles. The fraction of sp³-hybridized carbons (Fsp3) is 0.200. The Bertz CT molecular complexity index is 1560. The zero-order chi connectivity index (χ0) is 25.9. The van der Waals surface area contributed by atoms with Gasteiger partial charge < -0.3 is 9.30 Å². The van der Waals surface area contributed by atoms with Gasteiger partial charge in [-0.15, -0.1) is 0 Å². The summed E-state index contributed by atoms with van der Waals surface area (Å²) in [7, 11) is -0.812.